The SMILES string of the molecule is Cn1nc2c(c1-c1cc(F)c(F)c(F)c1)C[C@H]1CCC[C@@H]2N1C(=O)c1cc(-n2cnnc2)ccn1. The van der Waals surface area contributed by atoms with Crippen LogP contribution in [-0.4, -0.2) is 46.4 Å². The second kappa shape index (κ2) is 8.03. The molecule has 2 atom stereocenters. The molecule has 8 nitrogen and oxygen atoms in total. The molecule has 0 aliphatic carbocycles. The van der Waals surface area contributed by atoms with E-state index in [0.717, 1.165) is 36.2 Å². The van der Waals surface area contributed by atoms with Crippen LogP contribution in [0.5, 0.6) is 0 Å². The second-order valence-corrected chi connectivity index (χ2v) is 8.88. The van der Waals surface area contributed by atoms with Crippen molar-refractivity contribution >= 4 is 5.91 Å². The number of hydrogen-bond acceptors (Lipinski definition) is 5. The van der Waals surface area contributed by atoms with Crippen molar-refractivity contribution in [3.8, 4) is 16.9 Å². The summed E-state index contributed by atoms with van der Waals surface area (Å²) in [6.07, 6.45) is 7.56. The van der Waals surface area contributed by atoms with E-state index >= 15 is 0 Å². The lowest BCUT2D eigenvalue weighted by molar-refractivity contribution is 0.0386. The topological polar surface area (TPSA) is 81.7 Å². The van der Waals surface area contributed by atoms with Crippen LogP contribution in [0.25, 0.3) is 16.9 Å². The Balaban J connectivity index is 1.40. The molecule has 1 amide bonds. The molecular formula is C24H20F3N7O. The van der Waals surface area contributed by atoms with E-state index in [9.17, 15) is 18.0 Å². The van der Waals surface area contributed by atoms with Gasteiger partial charge in [0.1, 0.15) is 18.3 Å². The van der Waals surface area contributed by atoms with Crippen molar-refractivity contribution in [1.82, 2.24) is 34.4 Å². The molecule has 0 unspecified atom stereocenters. The van der Waals surface area contributed by atoms with Gasteiger partial charge in [0.15, 0.2) is 17.5 Å². The van der Waals surface area contributed by atoms with Gasteiger partial charge in [0.25, 0.3) is 5.91 Å². The Kier molecular flexibility index (Phi) is 4.94. The van der Waals surface area contributed by atoms with Gasteiger partial charge in [0, 0.05) is 30.4 Å². The zero-order valence-corrected chi connectivity index (χ0v) is 18.7. The highest BCUT2D eigenvalue weighted by Gasteiger charge is 2.44. The molecule has 11 heteroatoms. The number of fused-ring (bicyclic) bond motifs is 4. The van der Waals surface area contributed by atoms with Crippen LogP contribution in [0.3, 0.4) is 0 Å². The molecule has 0 spiro atoms. The highest BCUT2D eigenvalue weighted by Crippen LogP contribution is 2.45. The van der Waals surface area contributed by atoms with E-state index in [1.165, 1.54) is 0 Å². The normalized spacial score (nSPS) is 19.0. The molecule has 5 heterocycles. The van der Waals surface area contributed by atoms with Gasteiger partial charge in [-0.25, -0.2) is 13.2 Å². The van der Waals surface area contributed by atoms with Gasteiger partial charge in [-0.05, 0) is 49.9 Å². The minimum atomic E-state index is -1.50. The zero-order chi connectivity index (χ0) is 24.3. The standard InChI is InChI=1S/C24H20F3N7O/c1-32-23(13-7-17(25)21(27)18(26)8-13)16-9-15-3-2-4-20(22(16)31-32)34(15)24(35)19-10-14(5-6-28-19)33-11-29-30-12-33/h5-8,10-12,15,20H,2-4,9H2,1H3/t15-,20+/m1/s1. The van der Waals surface area contributed by atoms with Gasteiger partial charge < -0.3 is 4.90 Å². The van der Waals surface area contributed by atoms with Crippen molar-refractivity contribution in [2.24, 2.45) is 7.05 Å². The van der Waals surface area contributed by atoms with Crippen LogP contribution in [-0.2, 0) is 13.5 Å². The Bertz CT molecular complexity index is 1430. The van der Waals surface area contributed by atoms with E-state index < -0.39 is 17.5 Å². The molecule has 0 saturated carbocycles. The minimum absolute atomic E-state index is 0.118. The molecule has 35 heavy (non-hydrogen) atoms. The van der Waals surface area contributed by atoms with Gasteiger partial charge in [-0.15, -0.1) is 10.2 Å². The summed E-state index contributed by atoms with van der Waals surface area (Å²) in [4.78, 5) is 19.8. The number of aromatic nitrogens is 6. The molecular weight excluding hydrogens is 459 g/mol. The maximum Gasteiger partial charge on any atom is 0.273 e. The number of carbonyl (C=O) groups excluding carboxylic acids is 1. The first-order valence-electron chi connectivity index (χ1n) is 11.3. The summed E-state index contributed by atoms with van der Waals surface area (Å²) in [5.41, 5.74) is 3.31. The summed E-state index contributed by atoms with van der Waals surface area (Å²) < 4.78 is 44.8. The Hall–Kier alpha value is -4.02. The van der Waals surface area contributed by atoms with Gasteiger partial charge in [0.05, 0.1) is 23.1 Å². The number of hydrogen-bond donors (Lipinski definition) is 0. The molecule has 0 N–H and O–H groups in total. The first kappa shape index (κ1) is 21.5. The van der Waals surface area contributed by atoms with E-state index in [1.54, 1.807) is 47.3 Å². The Morgan fingerprint density at radius 3 is 2.54 bits per heavy atom. The van der Waals surface area contributed by atoms with Crippen LogP contribution in [0.4, 0.5) is 13.2 Å². The van der Waals surface area contributed by atoms with E-state index in [-0.39, 0.29) is 23.6 Å². The number of pyridine rings is 1. The van der Waals surface area contributed by atoms with Gasteiger partial charge in [-0.2, -0.15) is 5.10 Å². The fourth-order valence-electron chi connectivity index (χ4n) is 5.37. The van der Waals surface area contributed by atoms with Gasteiger partial charge in [-0.3, -0.25) is 19.0 Å². The summed E-state index contributed by atoms with van der Waals surface area (Å²) in [5.74, 6) is -4.20. The average Bonchev–Trinajstić information content (AvgIpc) is 3.50. The molecule has 2 bridgehead atoms. The lowest BCUT2D eigenvalue weighted by atomic mass is 9.81. The first-order valence-corrected chi connectivity index (χ1v) is 11.3. The molecule has 2 aliphatic rings. The highest BCUT2D eigenvalue weighted by molar-refractivity contribution is 5.93. The molecule has 0 radical (unpaired) electrons. The number of benzene rings is 1. The van der Waals surface area contributed by atoms with Crippen molar-refractivity contribution < 1.29 is 18.0 Å². The number of halogens is 3. The van der Waals surface area contributed by atoms with Crippen molar-refractivity contribution in [2.75, 3.05) is 0 Å². The van der Waals surface area contributed by atoms with Gasteiger partial charge in [-0.1, -0.05) is 0 Å². The van der Waals surface area contributed by atoms with E-state index in [2.05, 4.69) is 20.3 Å². The Morgan fingerprint density at radius 2 is 1.80 bits per heavy atom. The molecule has 1 fully saturated rings. The van der Waals surface area contributed by atoms with Crippen LogP contribution in [0, 0.1) is 17.5 Å². The van der Waals surface area contributed by atoms with Crippen molar-refractivity contribution in [1.29, 1.82) is 0 Å². The highest BCUT2D eigenvalue weighted by atomic mass is 19.2. The minimum Gasteiger partial charge on any atom is -0.325 e. The van der Waals surface area contributed by atoms with E-state index in [0.29, 0.717) is 29.9 Å². The summed E-state index contributed by atoms with van der Waals surface area (Å²) in [6.45, 7) is 0. The zero-order valence-electron chi connectivity index (χ0n) is 18.7. The fourth-order valence-corrected chi connectivity index (χ4v) is 5.37. The third kappa shape index (κ3) is 3.41. The van der Waals surface area contributed by atoms with E-state index in [4.69, 9.17) is 0 Å². The largest absolute Gasteiger partial charge is 0.325 e. The van der Waals surface area contributed by atoms with Crippen LogP contribution < -0.4 is 0 Å². The fraction of sp³-hybridized carbons (Fsp3) is 0.292. The lowest BCUT2D eigenvalue weighted by Crippen LogP contribution is -2.50. The van der Waals surface area contributed by atoms with Crippen LogP contribution in [0.1, 0.15) is 47.1 Å². The Labute approximate surface area is 198 Å². The predicted octanol–water partition coefficient (Wildman–Crippen LogP) is 3.77. The second-order valence-electron chi connectivity index (χ2n) is 8.88. The molecule has 3 aromatic heterocycles. The molecule has 6 rings (SSSR count). The average molecular weight is 479 g/mol. The van der Waals surface area contributed by atoms with Crippen molar-refractivity contribution in [2.45, 2.75) is 37.8 Å². The number of piperidine rings is 1. The molecule has 178 valence electrons. The van der Waals surface area contributed by atoms with Crippen molar-refractivity contribution in [3.05, 3.63) is 77.5 Å². The summed E-state index contributed by atoms with van der Waals surface area (Å²) in [6, 6.07) is 5.03. The quantitative estimate of drug-likeness (QED) is 0.418. The molecule has 2 aliphatic heterocycles. The molecule has 4 aromatic rings. The predicted molar refractivity (Wildman–Crippen MR) is 118 cm³/mol. The van der Waals surface area contributed by atoms with E-state index in [1.807, 2.05) is 4.90 Å². The van der Waals surface area contributed by atoms with Crippen molar-refractivity contribution in [3.63, 3.8) is 0 Å². The number of nitrogens with zero attached hydrogens (tertiary/aromatic N) is 7. The first-order chi connectivity index (χ1) is 16.9. The maximum absolute atomic E-state index is 14.0. The third-order valence-corrected chi connectivity index (χ3v) is 6.85. The Morgan fingerprint density at radius 1 is 1.06 bits per heavy atom. The number of carbonyl (C=O) groups is 1. The summed E-state index contributed by atoms with van der Waals surface area (Å²) >= 11 is 0. The number of rotatable bonds is 3. The molecule has 1 aromatic carbocycles. The third-order valence-electron chi connectivity index (χ3n) is 6.85. The smallest absolute Gasteiger partial charge is 0.273 e. The number of amides is 1. The maximum atomic E-state index is 14.0. The number of aryl methyl sites for hydroxylation is 1. The van der Waals surface area contributed by atoms with Crippen LogP contribution in [0.2, 0.25) is 0 Å². The summed E-state index contributed by atoms with van der Waals surface area (Å²) in [7, 11) is 1.69. The molecule has 1 saturated heterocycles. The lowest BCUT2D eigenvalue weighted by Gasteiger charge is -2.45. The van der Waals surface area contributed by atoms with Crippen LogP contribution >= 0.6 is 0 Å². The van der Waals surface area contributed by atoms with Crippen LogP contribution in [0.15, 0.2) is 43.1 Å². The van der Waals surface area contributed by atoms with Gasteiger partial charge in [0.2, 0.25) is 0 Å². The van der Waals surface area contributed by atoms with Gasteiger partial charge >= 0.3 is 0 Å². The monoisotopic (exact) mass is 479 g/mol. The summed E-state index contributed by atoms with van der Waals surface area (Å²) in [5, 5.41) is 12.3.